The summed E-state index contributed by atoms with van der Waals surface area (Å²) in [6.07, 6.45) is 0. The molecule has 2 aromatic rings. The summed E-state index contributed by atoms with van der Waals surface area (Å²) in [5.41, 5.74) is 0. The van der Waals surface area contributed by atoms with Crippen LogP contribution in [0.4, 0.5) is 0 Å². The van der Waals surface area contributed by atoms with E-state index < -0.39 is 23.2 Å². The molecule has 6 nitrogen and oxygen atoms in total. The van der Waals surface area contributed by atoms with Gasteiger partial charge in [0.1, 0.15) is 0 Å². The van der Waals surface area contributed by atoms with Crippen LogP contribution in [0.5, 0.6) is 0 Å². The van der Waals surface area contributed by atoms with Crippen molar-refractivity contribution in [3.05, 3.63) is 0 Å². The van der Waals surface area contributed by atoms with Crippen LogP contribution in [0, 0.1) is 0 Å². The van der Waals surface area contributed by atoms with E-state index in [2.05, 4.69) is 30.3 Å². The average Bonchev–Trinajstić information content (AvgIpc) is 2.60. The van der Waals surface area contributed by atoms with Gasteiger partial charge in [-0.1, -0.05) is 0 Å². The van der Waals surface area contributed by atoms with Crippen molar-refractivity contribution < 1.29 is 48.0 Å². The topological polar surface area (TPSA) is 77.3 Å². The molecule has 0 aliphatic heterocycles. The van der Waals surface area contributed by atoms with Crippen LogP contribution in [-0.4, -0.2) is 30.3 Å². The molecule has 0 fully saturated rings. The van der Waals surface area contributed by atoms with Crippen LogP contribution in [0.25, 0.3) is 0 Å². The summed E-state index contributed by atoms with van der Waals surface area (Å²) in [7, 11) is 0.901. The first-order chi connectivity index (χ1) is 5.45. The van der Waals surface area contributed by atoms with Gasteiger partial charge in [-0.05, 0) is 0 Å². The third kappa shape index (κ3) is 4.09. The Bertz CT molecular complexity index is 279. The Morgan fingerprint density at radius 3 is 1.62 bits per heavy atom. The fourth-order valence-corrected chi connectivity index (χ4v) is 5.91. The van der Waals surface area contributed by atoms with Crippen molar-refractivity contribution in [1.29, 1.82) is 0 Å². The zero-order valence-electron chi connectivity index (χ0n) is 5.94. The summed E-state index contributed by atoms with van der Waals surface area (Å²) in [5.74, 6) is 0. The summed E-state index contributed by atoms with van der Waals surface area (Å²) in [4.78, 5) is 7.57. The molecule has 0 aromatic carbocycles. The van der Waals surface area contributed by atoms with E-state index in [-0.39, 0.29) is 24.8 Å². The molecule has 0 saturated carbocycles. The number of halogens is 2. The number of hydrogen-bond donors (Lipinski definition) is 0. The second kappa shape index (κ2) is 6.97. The maximum absolute atomic E-state index is 3.90. The van der Waals surface area contributed by atoms with E-state index in [4.69, 9.17) is 0 Å². The van der Waals surface area contributed by atoms with Crippen LogP contribution in [-0.2, 0) is 23.2 Å². The van der Waals surface area contributed by atoms with Crippen molar-refractivity contribution in [2.45, 2.75) is 0 Å². The summed E-state index contributed by atoms with van der Waals surface area (Å²) in [6.45, 7) is 0. The van der Waals surface area contributed by atoms with E-state index >= 15 is 0 Å². The van der Waals surface area contributed by atoms with E-state index in [0.717, 1.165) is 6.27 Å². The molecule has 2 atom stereocenters. The molecule has 0 radical (unpaired) electrons. The molecule has 2 aromatic heterocycles. The fourth-order valence-electron chi connectivity index (χ4n) is 0.536. The van der Waals surface area contributed by atoms with Crippen LogP contribution in [0.3, 0.4) is 0 Å². The predicted molar refractivity (Wildman–Crippen MR) is 37.9 cm³/mol. The molecule has 0 amide bonds. The summed E-state index contributed by atoms with van der Waals surface area (Å²) in [6, 6.07) is 0. The van der Waals surface area contributed by atoms with Crippen LogP contribution >= 0.6 is 16.7 Å². The SMILES string of the molecule is [Cl-].[Cl-].n1n[pH][c]([Zr+2][c]2nnn[pH]2)n1. The van der Waals surface area contributed by atoms with Gasteiger partial charge in [-0.2, -0.15) is 0 Å². The van der Waals surface area contributed by atoms with Crippen molar-refractivity contribution >= 4 is 23.0 Å². The van der Waals surface area contributed by atoms with Crippen LogP contribution in [0.15, 0.2) is 0 Å². The molecule has 11 heteroatoms. The van der Waals surface area contributed by atoms with E-state index in [0.29, 0.717) is 16.7 Å². The first-order valence-corrected chi connectivity index (χ1v) is 7.05. The molecule has 0 N–H and O–H groups in total. The molecule has 0 aliphatic rings. The summed E-state index contributed by atoms with van der Waals surface area (Å²) >= 11 is -0.759. The molecule has 68 valence electrons. The minimum absolute atomic E-state index is 0. The number of aromatic nitrogens is 6. The van der Waals surface area contributed by atoms with Crippen LogP contribution < -0.4 is 31.1 Å². The van der Waals surface area contributed by atoms with Crippen molar-refractivity contribution in [2.24, 2.45) is 0 Å². The number of hydrogen-bond acceptors (Lipinski definition) is 6. The van der Waals surface area contributed by atoms with Gasteiger partial charge in [-0.15, -0.1) is 0 Å². The normalized spacial score (nSPS) is 9.23. The van der Waals surface area contributed by atoms with Gasteiger partial charge >= 0.3 is 76.6 Å². The van der Waals surface area contributed by atoms with Crippen molar-refractivity contribution in [3.63, 3.8) is 0 Å². The first-order valence-electron chi connectivity index (χ1n) is 2.69. The maximum atomic E-state index is 3.90. The van der Waals surface area contributed by atoms with Crippen molar-refractivity contribution in [3.8, 4) is 0 Å². The Morgan fingerprint density at radius 2 is 1.31 bits per heavy atom. The third-order valence-electron chi connectivity index (χ3n) is 0.927. The van der Waals surface area contributed by atoms with Gasteiger partial charge in [0.25, 0.3) is 0 Å². The van der Waals surface area contributed by atoms with Crippen LogP contribution in [0.1, 0.15) is 0 Å². The second-order valence-electron chi connectivity index (χ2n) is 1.62. The van der Waals surface area contributed by atoms with E-state index in [1.54, 1.807) is 0 Å². The molecule has 0 saturated heterocycles. The zero-order valence-corrected chi connectivity index (χ0v) is 11.9. The zero-order chi connectivity index (χ0) is 7.52. The molecule has 2 rings (SSSR count). The summed E-state index contributed by atoms with van der Waals surface area (Å²) < 4.78 is 2.29. The molecule has 0 bridgehead atoms. The molecule has 0 aliphatic carbocycles. The molecular weight excluding hydrogens is 332 g/mol. The Balaban J connectivity index is 0.000000720. The van der Waals surface area contributed by atoms with Crippen LogP contribution in [0.2, 0.25) is 0 Å². The molecular formula is C2H2Cl2N6P2Zr. The predicted octanol–water partition coefficient (Wildman–Crippen LogP) is -7.84. The van der Waals surface area contributed by atoms with Crippen molar-refractivity contribution in [1.82, 2.24) is 30.3 Å². The van der Waals surface area contributed by atoms with Gasteiger partial charge in [-0.3, -0.25) is 0 Å². The third-order valence-corrected chi connectivity index (χ3v) is 6.71. The standard InChI is InChI=1S/2CHN3P.2ClH.Zr/c2*1-2-3-4-5-1;;;/h2*5H;2*1H;/q;;;;+2/p-2. The van der Waals surface area contributed by atoms with E-state index in [1.807, 2.05) is 0 Å². The number of nitrogens with zero attached hydrogens (tertiary/aromatic N) is 6. The fraction of sp³-hybridized carbons (Fsp3) is 0. The second-order valence-corrected chi connectivity index (χ2v) is 8.82. The average molecular weight is 334 g/mol. The number of rotatable bonds is 2. The quantitative estimate of drug-likeness (QED) is 0.543. The first kappa shape index (κ1) is 13.6. The minimum atomic E-state index is -0.759. The van der Waals surface area contributed by atoms with Gasteiger partial charge in [0.05, 0.1) is 0 Å². The monoisotopic (exact) mass is 332 g/mol. The Labute approximate surface area is 101 Å². The Kier molecular flexibility index (Phi) is 7.29. The van der Waals surface area contributed by atoms with E-state index in [9.17, 15) is 0 Å². The summed E-state index contributed by atoms with van der Waals surface area (Å²) in [5, 5.41) is 14.9. The van der Waals surface area contributed by atoms with E-state index in [1.165, 1.54) is 0 Å². The molecule has 0 spiro atoms. The molecule has 2 unspecified atom stereocenters. The van der Waals surface area contributed by atoms with Crippen molar-refractivity contribution in [2.75, 3.05) is 0 Å². The van der Waals surface area contributed by atoms with Gasteiger partial charge in [-0.25, -0.2) is 0 Å². The molecule has 13 heavy (non-hydrogen) atoms. The van der Waals surface area contributed by atoms with Gasteiger partial charge < -0.3 is 24.8 Å². The van der Waals surface area contributed by atoms with Gasteiger partial charge in [0.2, 0.25) is 0 Å². The van der Waals surface area contributed by atoms with Gasteiger partial charge in [0, 0.05) is 0 Å². The van der Waals surface area contributed by atoms with Gasteiger partial charge in [0.15, 0.2) is 0 Å². The Hall–Kier alpha value is 0.603. The molecule has 2 heterocycles. The Morgan fingerprint density at radius 1 is 0.846 bits per heavy atom.